The third-order valence-electron chi connectivity index (χ3n) is 1.41. The first-order chi connectivity index (χ1) is 6.62. The van der Waals surface area contributed by atoms with Crippen molar-refractivity contribution >= 4 is 22.8 Å². The SMILES string of the molecule is CC(=NO)C(=NO)C(=NO)C(C)=NO. The zero-order valence-electron chi connectivity index (χ0n) is 7.58. The summed E-state index contributed by atoms with van der Waals surface area (Å²) in [6.07, 6.45) is 0. The molecular weight excluding hydrogens is 192 g/mol. The molecule has 0 rings (SSSR count). The topological polar surface area (TPSA) is 130 Å². The Morgan fingerprint density at radius 1 is 0.643 bits per heavy atom. The second kappa shape index (κ2) is 5.51. The van der Waals surface area contributed by atoms with Crippen LogP contribution in [0.15, 0.2) is 20.6 Å². The minimum Gasteiger partial charge on any atom is -0.411 e. The maximum absolute atomic E-state index is 8.54. The second-order valence-electron chi connectivity index (χ2n) is 2.27. The Balaban J connectivity index is 5.25. The van der Waals surface area contributed by atoms with Crippen LogP contribution < -0.4 is 0 Å². The first-order valence-corrected chi connectivity index (χ1v) is 3.44. The fraction of sp³-hybridized carbons (Fsp3) is 0.333. The van der Waals surface area contributed by atoms with Crippen LogP contribution in [0.1, 0.15) is 13.8 Å². The first kappa shape index (κ1) is 11.9. The summed E-state index contributed by atoms with van der Waals surface area (Å²) in [6.45, 7) is 2.62. The van der Waals surface area contributed by atoms with E-state index in [4.69, 9.17) is 20.8 Å². The van der Waals surface area contributed by atoms with E-state index in [-0.39, 0.29) is 22.8 Å². The highest BCUT2D eigenvalue weighted by atomic mass is 16.4. The third-order valence-corrected chi connectivity index (χ3v) is 1.41. The average molecular weight is 202 g/mol. The van der Waals surface area contributed by atoms with Crippen LogP contribution >= 0.6 is 0 Å². The Kier molecular flexibility index (Phi) is 4.68. The summed E-state index contributed by atoms with van der Waals surface area (Å²) >= 11 is 0. The molecule has 0 atom stereocenters. The van der Waals surface area contributed by atoms with Crippen molar-refractivity contribution in [1.29, 1.82) is 0 Å². The lowest BCUT2D eigenvalue weighted by Gasteiger charge is -2.02. The van der Waals surface area contributed by atoms with E-state index in [1.54, 1.807) is 0 Å². The maximum atomic E-state index is 8.54. The molecule has 0 radical (unpaired) electrons. The Bertz CT molecular complexity index is 286. The molecule has 0 bridgehead atoms. The van der Waals surface area contributed by atoms with Crippen LogP contribution in [-0.4, -0.2) is 43.7 Å². The monoisotopic (exact) mass is 202 g/mol. The molecule has 0 aromatic heterocycles. The maximum Gasteiger partial charge on any atom is 0.158 e. The van der Waals surface area contributed by atoms with Gasteiger partial charge in [0.05, 0.1) is 0 Å². The quantitative estimate of drug-likeness (QED) is 0.298. The summed E-state index contributed by atoms with van der Waals surface area (Å²) in [4.78, 5) is 0. The largest absolute Gasteiger partial charge is 0.411 e. The lowest BCUT2D eigenvalue weighted by molar-refractivity contribution is 0.310. The van der Waals surface area contributed by atoms with Gasteiger partial charge < -0.3 is 20.8 Å². The molecule has 0 aromatic rings. The molecule has 0 saturated carbocycles. The van der Waals surface area contributed by atoms with Crippen LogP contribution in [0, 0.1) is 0 Å². The van der Waals surface area contributed by atoms with Crippen molar-refractivity contribution < 1.29 is 20.8 Å². The Hall–Kier alpha value is -2.12. The highest BCUT2D eigenvalue weighted by Gasteiger charge is 2.18. The summed E-state index contributed by atoms with van der Waals surface area (Å²) in [5, 5.41) is 44.8. The van der Waals surface area contributed by atoms with Crippen LogP contribution in [-0.2, 0) is 0 Å². The normalized spacial score (nSPS) is 15.9. The van der Waals surface area contributed by atoms with Crippen LogP contribution in [0.3, 0.4) is 0 Å². The van der Waals surface area contributed by atoms with Crippen molar-refractivity contribution in [2.75, 3.05) is 0 Å². The van der Waals surface area contributed by atoms with Crippen molar-refractivity contribution in [2.45, 2.75) is 13.8 Å². The van der Waals surface area contributed by atoms with Crippen molar-refractivity contribution in [2.24, 2.45) is 20.6 Å². The molecule has 8 nitrogen and oxygen atoms in total. The van der Waals surface area contributed by atoms with Gasteiger partial charge in [-0.25, -0.2) is 0 Å². The number of hydrogen-bond donors (Lipinski definition) is 4. The molecule has 8 heteroatoms. The molecule has 0 aromatic carbocycles. The number of nitrogens with zero attached hydrogens (tertiary/aromatic N) is 4. The number of rotatable bonds is 3. The molecular formula is C6H10N4O4. The predicted molar refractivity (Wildman–Crippen MR) is 48.2 cm³/mol. The molecule has 0 saturated heterocycles. The molecule has 0 unspecified atom stereocenters. The summed E-state index contributed by atoms with van der Waals surface area (Å²) in [5.74, 6) is 0. The molecule has 0 aliphatic heterocycles. The van der Waals surface area contributed by atoms with E-state index in [0.29, 0.717) is 0 Å². The summed E-state index contributed by atoms with van der Waals surface area (Å²) in [7, 11) is 0. The fourth-order valence-electron chi connectivity index (χ4n) is 0.677. The summed E-state index contributed by atoms with van der Waals surface area (Å²) < 4.78 is 0. The van der Waals surface area contributed by atoms with Crippen LogP contribution in [0.5, 0.6) is 0 Å². The zero-order valence-corrected chi connectivity index (χ0v) is 7.58. The second-order valence-corrected chi connectivity index (χ2v) is 2.27. The molecule has 0 aliphatic rings. The molecule has 0 heterocycles. The van der Waals surface area contributed by atoms with E-state index in [9.17, 15) is 0 Å². The van der Waals surface area contributed by atoms with Crippen molar-refractivity contribution in [3.8, 4) is 0 Å². The Morgan fingerprint density at radius 3 is 1.07 bits per heavy atom. The smallest absolute Gasteiger partial charge is 0.158 e. The van der Waals surface area contributed by atoms with Crippen molar-refractivity contribution in [3.63, 3.8) is 0 Å². The molecule has 4 N–H and O–H groups in total. The minimum absolute atomic E-state index is 0.0942. The average Bonchev–Trinajstić information content (AvgIpc) is 2.23. The van der Waals surface area contributed by atoms with Gasteiger partial charge in [0.1, 0.15) is 11.4 Å². The Labute approximate surface area is 79.1 Å². The van der Waals surface area contributed by atoms with E-state index in [0.717, 1.165) is 0 Å². The van der Waals surface area contributed by atoms with Gasteiger partial charge in [-0.05, 0) is 13.8 Å². The minimum atomic E-state index is -0.301. The van der Waals surface area contributed by atoms with Gasteiger partial charge in [-0.1, -0.05) is 20.6 Å². The molecule has 0 aliphatic carbocycles. The standard InChI is InChI=1S/C6H10N4O4/c1-3(7-11)5(9-13)6(10-14)4(2)8-12/h11-14H,1-2H3. The summed E-state index contributed by atoms with van der Waals surface area (Å²) in [5.41, 5.74) is -0.790. The lowest BCUT2D eigenvalue weighted by atomic mass is 10.1. The van der Waals surface area contributed by atoms with E-state index in [2.05, 4.69) is 20.6 Å². The van der Waals surface area contributed by atoms with Crippen molar-refractivity contribution in [1.82, 2.24) is 0 Å². The molecule has 0 spiro atoms. The van der Waals surface area contributed by atoms with E-state index in [1.165, 1.54) is 13.8 Å². The molecule has 78 valence electrons. The predicted octanol–water partition coefficient (Wildman–Crippen LogP) is 0.347. The highest BCUT2D eigenvalue weighted by Crippen LogP contribution is 1.93. The van der Waals surface area contributed by atoms with Gasteiger partial charge in [0.25, 0.3) is 0 Å². The van der Waals surface area contributed by atoms with Gasteiger partial charge >= 0.3 is 0 Å². The van der Waals surface area contributed by atoms with Crippen LogP contribution in [0.25, 0.3) is 0 Å². The van der Waals surface area contributed by atoms with E-state index < -0.39 is 0 Å². The van der Waals surface area contributed by atoms with Gasteiger partial charge in [0, 0.05) is 0 Å². The number of oxime groups is 4. The lowest BCUT2D eigenvalue weighted by Crippen LogP contribution is -2.28. The molecule has 0 amide bonds. The zero-order chi connectivity index (χ0) is 11.1. The van der Waals surface area contributed by atoms with Gasteiger partial charge in [-0.2, -0.15) is 0 Å². The highest BCUT2D eigenvalue weighted by molar-refractivity contribution is 6.82. The first-order valence-electron chi connectivity index (χ1n) is 3.44. The van der Waals surface area contributed by atoms with Gasteiger partial charge in [-0.3, -0.25) is 0 Å². The Morgan fingerprint density at radius 2 is 0.929 bits per heavy atom. The van der Waals surface area contributed by atoms with Crippen LogP contribution in [0.4, 0.5) is 0 Å². The summed E-state index contributed by atoms with van der Waals surface area (Å²) in [6, 6.07) is 0. The van der Waals surface area contributed by atoms with Crippen molar-refractivity contribution in [3.05, 3.63) is 0 Å². The van der Waals surface area contributed by atoms with E-state index in [1.807, 2.05) is 0 Å². The molecule has 14 heavy (non-hydrogen) atoms. The van der Waals surface area contributed by atoms with Gasteiger partial charge in [0.15, 0.2) is 11.4 Å². The van der Waals surface area contributed by atoms with Crippen LogP contribution in [0.2, 0.25) is 0 Å². The van der Waals surface area contributed by atoms with E-state index >= 15 is 0 Å². The fourth-order valence-corrected chi connectivity index (χ4v) is 0.677. The van der Waals surface area contributed by atoms with Gasteiger partial charge in [0.2, 0.25) is 0 Å². The number of hydrogen-bond acceptors (Lipinski definition) is 8. The third kappa shape index (κ3) is 2.44. The van der Waals surface area contributed by atoms with Gasteiger partial charge in [-0.15, -0.1) is 0 Å². The molecule has 0 fully saturated rings.